The van der Waals surface area contributed by atoms with E-state index in [1.165, 1.54) is 25.8 Å². The molecule has 0 aromatic heterocycles. The van der Waals surface area contributed by atoms with Gasteiger partial charge < -0.3 is 20.5 Å². The third kappa shape index (κ3) is 6.82. The number of hydrogen-bond acceptors (Lipinski definition) is 5. The van der Waals surface area contributed by atoms with Crippen molar-refractivity contribution in [2.75, 3.05) is 17.7 Å². The highest BCUT2D eigenvalue weighted by atomic mass is 35.5. The maximum absolute atomic E-state index is 12.4. The van der Waals surface area contributed by atoms with E-state index < -0.39 is 11.9 Å². The molecule has 0 aliphatic rings. The van der Waals surface area contributed by atoms with E-state index in [2.05, 4.69) is 10.6 Å². The summed E-state index contributed by atoms with van der Waals surface area (Å²) in [5, 5.41) is 14.2. The predicted octanol–water partition coefficient (Wildman–Crippen LogP) is 4.44. The number of benzene rings is 2. The molecular formula is C21H21ClN2O5S. The maximum Gasteiger partial charge on any atom is 0.331 e. The summed E-state index contributed by atoms with van der Waals surface area (Å²) in [5.74, 6) is -1.34. The summed E-state index contributed by atoms with van der Waals surface area (Å²) in [6, 6.07) is 11.9. The fraction of sp³-hybridized carbons (Fsp3) is 0.190. The molecule has 30 heavy (non-hydrogen) atoms. The van der Waals surface area contributed by atoms with Gasteiger partial charge in [0.05, 0.1) is 17.4 Å². The van der Waals surface area contributed by atoms with Gasteiger partial charge in [-0.25, -0.2) is 4.79 Å². The van der Waals surface area contributed by atoms with Gasteiger partial charge in [0.1, 0.15) is 5.75 Å². The summed E-state index contributed by atoms with van der Waals surface area (Å²) in [5.41, 5.74) is 1.03. The lowest BCUT2D eigenvalue weighted by Gasteiger charge is -2.13. The third-order valence-corrected chi connectivity index (χ3v) is 5.32. The number of carboxylic acids is 1. The highest BCUT2D eigenvalue weighted by molar-refractivity contribution is 8.00. The van der Waals surface area contributed by atoms with Crippen molar-refractivity contribution in [2.45, 2.75) is 24.0 Å². The molecule has 1 unspecified atom stereocenters. The Kier molecular flexibility index (Phi) is 8.32. The number of methoxy groups -OCH3 is 1. The Morgan fingerprint density at radius 3 is 2.30 bits per heavy atom. The van der Waals surface area contributed by atoms with Crippen LogP contribution in [0, 0.1) is 0 Å². The summed E-state index contributed by atoms with van der Waals surface area (Å²) in [6.07, 6.45) is 1.02. The number of carboxylic acid groups (broad SMARTS) is 1. The first-order valence-electron chi connectivity index (χ1n) is 8.83. The Bertz CT molecular complexity index is 976. The van der Waals surface area contributed by atoms with E-state index in [0.29, 0.717) is 22.1 Å². The molecule has 0 saturated carbocycles. The summed E-state index contributed by atoms with van der Waals surface area (Å²) in [6.45, 7) is 3.12. The van der Waals surface area contributed by atoms with Crippen LogP contribution in [0.5, 0.6) is 5.75 Å². The van der Waals surface area contributed by atoms with Gasteiger partial charge in [-0.15, -0.1) is 11.8 Å². The van der Waals surface area contributed by atoms with E-state index in [1.54, 1.807) is 49.4 Å². The minimum Gasteiger partial charge on any atom is -0.495 e. The lowest BCUT2D eigenvalue weighted by atomic mass is 10.2. The number of nitrogens with one attached hydrogen (secondary N) is 2. The smallest absolute Gasteiger partial charge is 0.331 e. The lowest BCUT2D eigenvalue weighted by molar-refractivity contribution is -0.132. The molecule has 2 amide bonds. The maximum atomic E-state index is 12.4. The number of amides is 2. The molecule has 9 heteroatoms. The first kappa shape index (κ1) is 23.3. The van der Waals surface area contributed by atoms with Crippen LogP contribution in [0.3, 0.4) is 0 Å². The van der Waals surface area contributed by atoms with Gasteiger partial charge in [-0.2, -0.15) is 0 Å². The molecule has 0 radical (unpaired) electrons. The zero-order valence-corrected chi connectivity index (χ0v) is 18.1. The molecule has 0 bridgehead atoms. The van der Waals surface area contributed by atoms with E-state index in [1.807, 2.05) is 0 Å². The highest BCUT2D eigenvalue weighted by Crippen LogP contribution is 2.29. The molecular weight excluding hydrogens is 428 g/mol. The Morgan fingerprint density at radius 2 is 1.73 bits per heavy atom. The van der Waals surface area contributed by atoms with Crippen molar-refractivity contribution >= 4 is 52.5 Å². The number of carbonyl (C=O) groups excluding carboxylic acids is 2. The summed E-state index contributed by atoms with van der Waals surface area (Å²) in [4.78, 5) is 35.8. The van der Waals surface area contributed by atoms with Gasteiger partial charge in [-0.05, 0) is 56.3 Å². The summed E-state index contributed by atoms with van der Waals surface area (Å²) in [7, 11) is 1.52. The molecule has 0 saturated heterocycles. The number of anilines is 2. The lowest BCUT2D eigenvalue weighted by Crippen LogP contribution is -2.22. The van der Waals surface area contributed by atoms with Gasteiger partial charge >= 0.3 is 5.97 Å². The molecule has 0 heterocycles. The van der Waals surface area contributed by atoms with E-state index >= 15 is 0 Å². The average molecular weight is 449 g/mol. The Labute approximate surface area is 183 Å². The molecule has 0 aliphatic carbocycles. The molecule has 2 rings (SSSR count). The van der Waals surface area contributed by atoms with Gasteiger partial charge in [0.2, 0.25) is 11.8 Å². The highest BCUT2D eigenvalue weighted by Gasteiger charge is 2.15. The molecule has 0 fully saturated rings. The second-order valence-corrected chi connectivity index (χ2v) is 8.07. The van der Waals surface area contributed by atoms with Crippen molar-refractivity contribution in [1.82, 2.24) is 0 Å². The Morgan fingerprint density at radius 1 is 1.10 bits per heavy atom. The van der Waals surface area contributed by atoms with Crippen molar-refractivity contribution in [2.24, 2.45) is 0 Å². The van der Waals surface area contributed by atoms with Gasteiger partial charge in [0, 0.05) is 27.9 Å². The average Bonchev–Trinajstić information content (AvgIpc) is 2.69. The van der Waals surface area contributed by atoms with E-state index in [4.69, 9.17) is 21.4 Å². The fourth-order valence-corrected chi connectivity index (χ4v) is 3.42. The molecule has 7 nitrogen and oxygen atoms in total. The van der Waals surface area contributed by atoms with Crippen molar-refractivity contribution in [3.8, 4) is 5.75 Å². The molecule has 2 aromatic carbocycles. The van der Waals surface area contributed by atoms with Crippen LogP contribution in [0.1, 0.15) is 13.8 Å². The predicted molar refractivity (Wildman–Crippen MR) is 118 cm³/mol. The first-order chi connectivity index (χ1) is 14.2. The van der Waals surface area contributed by atoms with Crippen LogP contribution in [-0.4, -0.2) is 35.2 Å². The van der Waals surface area contributed by atoms with Crippen molar-refractivity contribution < 1.29 is 24.2 Å². The number of ether oxygens (including phenoxy) is 1. The van der Waals surface area contributed by atoms with Gasteiger partial charge in [-0.3, -0.25) is 9.59 Å². The van der Waals surface area contributed by atoms with Crippen LogP contribution in [-0.2, 0) is 14.4 Å². The number of thioether (sulfide) groups is 1. The van der Waals surface area contributed by atoms with Crippen LogP contribution in [0.15, 0.2) is 59.0 Å². The molecule has 0 spiro atoms. The van der Waals surface area contributed by atoms with Gasteiger partial charge in [0.25, 0.3) is 0 Å². The van der Waals surface area contributed by atoms with Crippen LogP contribution in [0.2, 0.25) is 5.02 Å². The number of rotatable bonds is 8. The van der Waals surface area contributed by atoms with Crippen LogP contribution in [0.25, 0.3) is 0 Å². The Balaban J connectivity index is 1.93. The van der Waals surface area contributed by atoms with E-state index in [-0.39, 0.29) is 16.7 Å². The second-order valence-electron chi connectivity index (χ2n) is 6.24. The SMILES string of the molecule is COc1ccc(NC(=O)C(C)Sc2ccc(NC(=O)C=C(C)C(=O)O)cc2)cc1Cl. The second kappa shape index (κ2) is 10.7. The van der Waals surface area contributed by atoms with E-state index in [9.17, 15) is 14.4 Å². The quantitative estimate of drug-likeness (QED) is 0.407. The standard InChI is InChI=1S/C21H21ClN2O5S/c1-12(21(27)28)10-19(25)23-14-4-7-16(8-5-14)30-13(2)20(26)24-15-6-9-18(29-3)17(22)11-15/h4-11,13H,1-3H3,(H,23,25)(H,24,26)(H,27,28). The minimum absolute atomic E-state index is 0.0577. The molecule has 1 atom stereocenters. The van der Waals surface area contributed by atoms with Gasteiger partial charge in [-0.1, -0.05) is 11.6 Å². The summed E-state index contributed by atoms with van der Waals surface area (Å²) >= 11 is 7.43. The largest absolute Gasteiger partial charge is 0.495 e. The van der Waals surface area contributed by atoms with Crippen LogP contribution in [0.4, 0.5) is 11.4 Å². The number of hydrogen-bond donors (Lipinski definition) is 3. The topological polar surface area (TPSA) is 105 Å². The monoisotopic (exact) mass is 448 g/mol. The zero-order valence-electron chi connectivity index (χ0n) is 16.6. The fourth-order valence-electron chi connectivity index (χ4n) is 2.30. The number of halogens is 1. The Hall–Kier alpha value is -2.97. The first-order valence-corrected chi connectivity index (χ1v) is 10.1. The van der Waals surface area contributed by atoms with Gasteiger partial charge in [0.15, 0.2) is 0 Å². The minimum atomic E-state index is -1.15. The normalized spacial score (nSPS) is 12.1. The third-order valence-electron chi connectivity index (χ3n) is 3.91. The summed E-state index contributed by atoms with van der Waals surface area (Å²) < 4.78 is 5.09. The number of carbonyl (C=O) groups is 3. The van der Waals surface area contributed by atoms with Crippen molar-refractivity contribution in [1.29, 1.82) is 0 Å². The number of aliphatic carboxylic acids is 1. The molecule has 158 valence electrons. The van der Waals surface area contributed by atoms with Crippen LogP contribution < -0.4 is 15.4 Å². The van der Waals surface area contributed by atoms with E-state index in [0.717, 1.165) is 11.0 Å². The molecule has 3 N–H and O–H groups in total. The molecule has 0 aliphatic heterocycles. The van der Waals surface area contributed by atoms with Crippen LogP contribution >= 0.6 is 23.4 Å². The zero-order chi connectivity index (χ0) is 22.3. The van der Waals surface area contributed by atoms with Crippen molar-refractivity contribution in [3.63, 3.8) is 0 Å². The van der Waals surface area contributed by atoms with Crippen molar-refractivity contribution in [3.05, 3.63) is 59.1 Å². The molecule has 2 aromatic rings.